The zero-order valence-electron chi connectivity index (χ0n) is 14.9. The number of aliphatic hydroxyl groups excluding tert-OH is 4. The molecule has 162 valence electrons. The lowest BCUT2D eigenvalue weighted by Gasteiger charge is -2.29. The van der Waals surface area contributed by atoms with Gasteiger partial charge in [0, 0.05) is 9.99 Å². The SMILES string of the molecule is NC(=O)c1c(I)c(C(N)=O)c(I)c(N(CC(O)CO)C(=O)CCC(O)CO)c1I. The Balaban J connectivity index is 3.67. The van der Waals surface area contributed by atoms with Crippen LogP contribution in [0, 0.1) is 10.7 Å². The molecular formula is C16H20I3N3O7. The lowest BCUT2D eigenvalue weighted by Crippen LogP contribution is -2.41. The van der Waals surface area contributed by atoms with Crippen molar-refractivity contribution in [3.8, 4) is 0 Å². The number of rotatable bonds is 10. The molecule has 3 amide bonds. The zero-order chi connectivity index (χ0) is 22.5. The van der Waals surface area contributed by atoms with Gasteiger partial charge in [-0.1, -0.05) is 0 Å². The largest absolute Gasteiger partial charge is 0.394 e. The summed E-state index contributed by atoms with van der Waals surface area (Å²) in [6, 6.07) is 0. The van der Waals surface area contributed by atoms with E-state index in [9.17, 15) is 29.7 Å². The van der Waals surface area contributed by atoms with E-state index in [1.165, 1.54) is 0 Å². The van der Waals surface area contributed by atoms with E-state index >= 15 is 0 Å². The van der Waals surface area contributed by atoms with Crippen LogP contribution in [0.1, 0.15) is 33.6 Å². The summed E-state index contributed by atoms with van der Waals surface area (Å²) >= 11 is 5.41. The van der Waals surface area contributed by atoms with Gasteiger partial charge in [0.05, 0.1) is 55.9 Å². The quantitative estimate of drug-likeness (QED) is 0.175. The maximum absolute atomic E-state index is 12.9. The third kappa shape index (κ3) is 6.57. The molecule has 1 aromatic rings. The van der Waals surface area contributed by atoms with E-state index in [2.05, 4.69) is 0 Å². The fourth-order valence-corrected chi connectivity index (χ4v) is 7.23. The van der Waals surface area contributed by atoms with E-state index in [1.807, 2.05) is 45.2 Å². The molecule has 0 aromatic heterocycles. The van der Waals surface area contributed by atoms with Gasteiger partial charge in [-0.05, 0) is 74.2 Å². The molecule has 0 saturated carbocycles. The van der Waals surface area contributed by atoms with E-state index < -0.39 is 43.1 Å². The molecule has 29 heavy (non-hydrogen) atoms. The number of hydrogen-bond donors (Lipinski definition) is 6. The summed E-state index contributed by atoms with van der Waals surface area (Å²) in [4.78, 5) is 38.0. The lowest BCUT2D eigenvalue weighted by molar-refractivity contribution is -0.119. The molecule has 2 unspecified atom stereocenters. The summed E-state index contributed by atoms with van der Waals surface area (Å²) in [6.07, 6.45) is -2.66. The number of aliphatic hydroxyl groups is 4. The van der Waals surface area contributed by atoms with Crippen LogP contribution in [0.2, 0.25) is 0 Å². The second-order valence-corrected chi connectivity index (χ2v) is 9.22. The topological polar surface area (TPSA) is 187 Å². The maximum atomic E-state index is 12.9. The van der Waals surface area contributed by atoms with Gasteiger partial charge in [-0.3, -0.25) is 14.4 Å². The normalized spacial score (nSPS) is 13.1. The number of nitrogens with zero attached hydrogens (tertiary/aromatic N) is 1. The van der Waals surface area contributed by atoms with Gasteiger partial charge < -0.3 is 36.8 Å². The van der Waals surface area contributed by atoms with Gasteiger partial charge in [-0.2, -0.15) is 0 Å². The first kappa shape index (κ1) is 26.7. The first-order chi connectivity index (χ1) is 13.5. The molecule has 0 radical (unpaired) electrons. The van der Waals surface area contributed by atoms with Crippen LogP contribution in [0.15, 0.2) is 0 Å². The molecule has 0 fully saturated rings. The van der Waals surface area contributed by atoms with E-state index in [4.69, 9.17) is 16.6 Å². The minimum Gasteiger partial charge on any atom is -0.394 e. The number of carbonyl (C=O) groups excluding carboxylic acids is 3. The van der Waals surface area contributed by atoms with Crippen molar-refractivity contribution in [2.45, 2.75) is 25.0 Å². The monoisotopic (exact) mass is 747 g/mol. The van der Waals surface area contributed by atoms with Crippen molar-refractivity contribution < 1.29 is 34.8 Å². The van der Waals surface area contributed by atoms with Crippen molar-refractivity contribution in [1.82, 2.24) is 0 Å². The molecule has 0 bridgehead atoms. The second-order valence-electron chi connectivity index (χ2n) is 5.98. The van der Waals surface area contributed by atoms with Gasteiger partial charge in [0.25, 0.3) is 11.8 Å². The summed E-state index contributed by atoms with van der Waals surface area (Å²) in [5, 5.41) is 37.6. The summed E-state index contributed by atoms with van der Waals surface area (Å²) < 4.78 is 0.788. The lowest BCUT2D eigenvalue weighted by atomic mass is 10.1. The van der Waals surface area contributed by atoms with Gasteiger partial charge in [-0.15, -0.1) is 0 Å². The molecule has 1 aromatic carbocycles. The fourth-order valence-electron chi connectivity index (χ4n) is 2.42. The zero-order valence-corrected chi connectivity index (χ0v) is 21.4. The van der Waals surface area contributed by atoms with Gasteiger partial charge in [0.2, 0.25) is 5.91 Å². The minimum absolute atomic E-state index is 0.00194. The Bertz CT molecular complexity index is 765. The number of anilines is 1. The van der Waals surface area contributed by atoms with Crippen LogP contribution >= 0.6 is 67.8 Å². The minimum atomic E-state index is -1.30. The molecular weight excluding hydrogens is 727 g/mol. The van der Waals surface area contributed by atoms with Crippen LogP contribution in [0.3, 0.4) is 0 Å². The molecule has 0 aliphatic heterocycles. The Morgan fingerprint density at radius 3 is 1.69 bits per heavy atom. The third-order valence-electron chi connectivity index (χ3n) is 3.86. The summed E-state index contributed by atoms with van der Waals surface area (Å²) in [7, 11) is 0. The number of nitrogens with two attached hydrogens (primary N) is 2. The van der Waals surface area contributed by atoms with Gasteiger partial charge in [0.15, 0.2) is 0 Å². The Labute approximate surface area is 207 Å². The van der Waals surface area contributed by atoms with Crippen LogP contribution in [0.25, 0.3) is 0 Å². The average molecular weight is 747 g/mol. The molecule has 0 spiro atoms. The van der Waals surface area contributed by atoms with Crippen molar-refractivity contribution in [3.05, 3.63) is 21.8 Å². The number of hydrogen-bond acceptors (Lipinski definition) is 7. The number of benzene rings is 1. The van der Waals surface area contributed by atoms with Crippen molar-refractivity contribution >= 4 is 91.2 Å². The molecule has 0 saturated heterocycles. The van der Waals surface area contributed by atoms with Crippen LogP contribution in [0.4, 0.5) is 5.69 Å². The van der Waals surface area contributed by atoms with Gasteiger partial charge in [0.1, 0.15) is 0 Å². The fraction of sp³-hybridized carbons (Fsp3) is 0.438. The van der Waals surface area contributed by atoms with E-state index in [1.54, 1.807) is 22.6 Å². The highest BCUT2D eigenvalue weighted by Crippen LogP contribution is 2.38. The summed E-state index contributed by atoms with van der Waals surface area (Å²) in [5.41, 5.74) is 11.1. The maximum Gasteiger partial charge on any atom is 0.250 e. The highest BCUT2D eigenvalue weighted by Gasteiger charge is 2.31. The molecule has 10 nitrogen and oxygen atoms in total. The number of halogens is 3. The number of carbonyl (C=O) groups is 3. The Hall–Kier alpha value is -0.340. The predicted molar refractivity (Wildman–Crippen MR) is 129 cm³/mol. The highest BCUT2D eigenvalue weighted by molar-refractivity contribution is 14.1. The van der Waals surface area contributed by atoms with Crippen molar-refractivity contribution in [3.63, 3.8) is 0 Å². The summed E-state index contributed by atoms with van der Waals surface area (Å²) in [5.74, 6) is -2.22. The van der Waals surface area contributed by atoms with Crippen LogP contribution < -0.4 is 16.4 Å². The molecule has 8 N–H and O–H groups in total. The van der Waals surface area contributed by atoms with Crippen LogP contribution in [-0.2, 0) is 4.79 Å². The molecule has 0 aliphatic rings. The van der Waals surface area contributed by atoms with Crippen molar-refractivity contribution in [2.24, 2.45) is 11.5 Å². The Morgan fingerprint density at radius 1 is 0.862 bits per heavy atom. The van der Waals surface area contributed by atoms with E-state index in [0.717, 1.165) is 4.90 Å². The average Bonchev–Trinajstić information content (AvgIpc) is 2.63. The van der Waals surface area contributed by atoms with Crippen molar-refractivity contribution in [1.29, 1.82) is 0 Å². The predicted octanol–water partition coefficient (Wildman–Crippen LogP) is -0.482. The third-order valence-corrected chi connectivity index (χ3v) is 7.04. The second kappa shape index (κ2) is 11.9. The Morgan fingerprint density at radius 2 is 1.31 bits per heavy atom. The van der Waals surface area contributed by atoms with Crippen LogP contribution in [0.5, 0.6) is 0 Å². The molecule has 0 aliphatic carbocycles. The molecule has 1 rings (SSSR count). The first-order valence-electron chi connectivity index (χ1n) is 8.16. The number of primary amides is 2. The first-order valence-corrected chi connectivity index (χ1v) is 11.4. The standard InChI is InChI=1S/C16H20I3N3O7/c17-11-9(15(20)28)12(18)14(13(19)10(11)16(21)29)22(3-7(26)5-24)8(27)2-1-6(25)4-23/h6-7,23-26H,1-5H2,(H2,20,28)(H2,21,29). The highest BCUT2D eigenvalue weighted by atomic mass is 127. The molecule has 2 atom stereocenters. The van der Waals surface area contributed by atoms with E-state index in [0.29, 0.717) is 0 Å². The van der Waals surface area contributed by atoms with Gasteiger partial charge in [-0.25, -0.2) is 0 Å². The summed E-state index contributed by atoms with van der Waals surface area (Å²) in [6.45, 7) is -1.50. The van der Waals surface area contributed by atoms with Gasteiger partial charge >= 0.3 is 0 Å². The molecule has 0 heterocycles. The number of amides is 3. The van der Waals surface area contributed by atoms with Crippen LogP contribution in [-0.4, -0.2) is 70.1 Å². The smallest absolute Gasteiger partial charge is 0.250 e. The van der Waals surface area contributed by atoms with E-state index in [-0.39, 0.29) is 46.9 Å². The molecule has 13 heteroatoms. The van der Waals surface area contributed by atoms with Crippen molar-refractivity contribution in [2.75, 3.05) is 24.7 Å². The Kier molecular flexibility index (Phi) is 10.9.